The van der Waals surface area contributed by atoms with Crippen LogP contribution in [0.5, 0.6) is 0 Å². The predicted octanol–water partition coefficient (Wildman–Crippen LogP) is 2.55. The zero-order valence-electron chi connectivity index (χ0n) is 8.40. The van der Waals surface area contributed by atoms with Gasteiger partial charge in [-0.25, -0.2) is 0 Å². The normalized spacial score (nSPS) is 20.9. The molecule has 1 fully saturated rings. The zero-order valence-corrected chi connectivity index (χ0v) is 8.40. The number of benzene rings is 1. The Morgan fingerprint density at radius 2 is 2.36 bits per heavy atom. The summed E-state index contributed by atoms with van der Waals surface area (Å²) in [6.07, 6.45) is 2.52. The molecule has 0 aromatic heterocycles. The average Bonchev–Trinajstić information content (AvgIpc) is 2.65. The lowest BCUT2D eigenvalue weighted by Crippen LogP contribution is -2.26. The Hall–Kier alpha value is -1.49. The van der Waals surface area contributed by atoms with Crippen LogP contribution in [0.15, 0.2) is 24.3 Å². The Morgan fingerprint density at radius 1 is 1.50 bits per heavy atom. The van der Waals surface area contributed by atoms with E-state index in [1.807, 2.05) is 18.2 Å². The first-order valence-corrected chi connectivity index (χ1v) is 5.08. The summed E-state index contributed by atoms with van der Waals surface area (Å²) in [6, 6.07) is 10.7. The van der Waals surface area contributed by atoms with Crippen molar-refractivity contribution in [3.05, 3.63) is 29.8 Å². The molecule has 1 aromatic rings. The summed E-state index contributed by atoms with van der Waals surface area (Å²) in [7, 11) is 0. The van der Waals surface area contributed by atoms with E-state index >= 15 is 0 Å². The SMILES string of the molecule is C[C@@H]1CCCN1c1cccc(C#N)c1. The van der Waals surface area contributed by atoms with Crippen molar-refractivity contribution in [3.63, 3.8) is 0 Å². The van der Waals surface area contributed by atoms with Crippen LogP contribution in [-0.4, -0.2) is 12.6 Å². The van der Waals surface area contributed by atoms with Gasteiger partial charge >= 0.3 is 0 Å². The monoisotopic (exact) mass is 186 g/mol. The number of nitriles is 1. The Balaban J connectivity index is 2.28. The smallest absolute Gasteiger partial charge is 0.0992 e. The van der Waals surface area contributed by atoms with Crippen molar-refractivity contribution >= 4 is 5.69 Å². The van der Waals surface area contributed by atoms with Crippen molar-refractivity contribution in [3.8, 4) is 6.07 Å². The molecule has 72 valence electrons. The molecule has 1 heterocycles. The fraction of sp³-hybridized carbons (Fsp3) is 0.417. The Kier molecular flexibility index (Phi) is 2.41. The van der Waals surface area contributed by atoms with Gasteiger partial charge in [-0.05, 0) is 38.0 Å². The summed E-state index contributed by atoms with van der Waals surface area (Å²) in [5, 5.41) is 8.80. The van der Waals surface area contributed by atoms with Crippen molar-refractivity contribution in [1.82, 2.24) is 0 Å². The molecule has 0 radical (unpaired) electrons. The lowest BCUT2D eigenvalue weighted by Gasteiger charge is -2.23. The lowest BCUT2D eigenvalue weighted by atomic mass is 10.2. The molecule has 2 nitrogen and oxygen atoms in total. The van der Waals surface area contributed by atoms with Crippen LogP contribution in [0.1, 0.15) is 25.3 Å². The van der Waals surface area contributed by atoms with Crippen LogP contribution in [0.2, 0.25) is 0 Å². The molecule has 2 heteroatoms. The largest absolute Gasteiger partial charge is 0.369 e. The molecular weight excluding hydrogens is 172 g/mol. The van der Waals surface area contributed by atoms with Gasteiger partial charge in [0.05, 0.1) is 11.6 Å². The van der Waals surface area contributed by atoms with Gasteiger partial charge in [0.25, 0.3) is 0 Å². The zero-order chi connectivity index (χ0) is 9.97. The third-order valence-corrected chi connectivity index (χ3v) is 2.86. The van der Waals surface area contributed by atoms with Crippen molar-refractivity contribution in [2.45, 2.75) is 25.8 Å². The van der Waals surface area contributed by atoms with Crippen LogP contribution >= 0.6 is 0 Å². The maximum atomic E-state index is 8.80. The van der Waals surface area contributed by atoms with Gasteiger partial charge in [-0.3, -0.25) is 0 Å². The molecule has 0 N–H and O–H groups in total. The average molecular weight is 186 g/mol. The van der Waals surface area contributed by atoms with E-state index in [0.717, 1.165) is 12.1 Å². The number of hydrogen-bond donors (Lipinski definition) is 0. The van der Waals surface area contributed by atoms with Crippen LogP contribution in [0.25, 0.3) is 0 Å². The van der Waals surface area contributed by atoms with E-state index in [2.05, 4.69) is 24.0 Å². The number of nitrogens with zero attached hydrogens (tertiary/aromatic N) is 2. The van der Waals surface area contributed by atoms with Crippen LogP contribution in [0.3, 0.4) is 0 Å². The van der Waals surface area contributed by atoms with E-state index in [9.17, 15) is 0 Å². The molecule has 1 aromatic carbocycles. The summed E-state index contributed by atoms with van der Waals surface area (Å²) < 4.78 is 0. The Morgan fingerprint density at radius 3 is 3.00 bits per heavy atom. The third kappa shape index (κ3) is 1.58. The fourth-order valence-electron chi connectivity index (χ4n) is 2.07. The maximum absolute atomic E-state index is 8.80. The summed E-state index contributed by atoms with van der Waals surface area (Å²) in [4.78, 5) is 2.38. The molecule has 0 amide bonds. The van der Waals surface area contributed by atoms with E-state index < -0.39 is 0 Å². The topological polar surface area (TPSA) is 27.0 Å². The van der Waals surface area contributed by atoms with Crippen LogP contribution in [0.4, 0.5) is 5.69 Å². The van der Waals surface area contributed by atoms with E-state index in [0.29, 0.717) is 6.04 Å². The van der Waals surface area contributed by atoms with Crippen molar-refractivity contribution in [2.24, 2.45) is 0 Å². The van der Waals surface area contributed by atoms with Gasteiger partial charge in [-0.1, -0.05) is 6.07 Å². The van der Waals surface area contributed by atoms with Gasteiger partial charge in [-0.2, -0.15) is 5.26 Å². The summed E-state index contributed by atoms with van der Waals surface area (Å²) in [5.41, 5.74) is 1.94. The van der Waals surface area contributed by atoms with Gasteiger partial charge in [0.1, 0.15) is 0 Å². The van der Waals surface area contributed by atoms with Gasteiger partial charge in [0.15, 0.2) is 0 Å². The number of hydrogen-bond acceptors (Lipinski definition) is 2. The highest BCUT2D eigenvalue weighted by atomic mass is 15.2. The standard InChI is InChI=1S/C12H14N2/c1-10-4-3-7-14(10)12-6-2-5-11(8-12)9-13/h2,5-6,8,10H,3-4,7H2,1H3/t10-/m1/s1. The molecule has 0 aliphatic carbocycles. The quantitative estimate of drug-likeness (QED) is 0.674. The summed E-state index contributed by atoms with van der Waals surface area (Å²) in [5.74, 6) is 0. The minimum absolute atomic E-state index is 0.615. The molecule has 1 atom stereocenters. The van der Waals surface area contributed by atoms with E-state index in [4.69, 9.17) is 5.26 Å². The van der Waals surface area contributed by atoms with Crippen LogP contribution in [0, 0.1) is 11.3 Å². The molecule has 0 spiro atoms. The second-order valence-electron chi connectivity index (χ2n) is 3.85. The highest BCUT2D eigenvalue weighted by molar-refractivity contribution is 5.52. The minimum Gasteiger partial charge on any atom is -0.369 e. The van der Waals surface area contributed by atoms with E-state index in [1.54, 1.807) is 0 Å². The Bertz CT molecular complexity index is 365. The van der Waals surface area contributed by atoms with Crippen molar-refractivity contribution < 1.29 is 0 Å². The highest BCUT2D eigenvalue weighted by Gasteiger charge is 2.20. The number of rotatable bonds is 1. The van der Waals surface area contributed by atoms with E-state index in [1.165, 1.54) is 18.5 Å². The first kappa shape index (κ1) is 9.08. The Labute approximate surface area is 84.8 Å². The predicted molar refractivity (Wildman–Crippen MR) is 57.2 cm³/mol. The van der Waals surface area contributed by atoms with E-state index in [-0.39, 0.29) is 0 Å². The van der Waals surface area contributed by atoms with Crippen molar-refractivity contribution in [1.29, 1.82) is 5.26 Å². The molecule has 0 saturated carbocycles. The lowest BCUT2D eigenvalue weighted by molar-refractivity contribution is 0.735. The van der Waals surface area contributed by atoms with Gasteiger partial charge in [0, 0.05) is 18.3 Å². The van der Waals surface area contributed by atoms with Gasteiger partial charge in [-0.15, -0.1) is 0 Å². The molecule has 1 saturated heterocycles. The highest BCUT2D eigenvalue weighted by Crippen LogP contribution is 2.25. The molecule has 1 aliphatic rings. The summed E-state index contributed by atoms with van der Waals surface area (Å²) >= 11 is 0. The third-order valence-electron chi connectivity index (χ3n) is 2.86. The van der Waals surface area contributed by atoms with Gasteiger partial charge < -0.3 is 4.90 Å². The van der Waals surface area contributed by atoms with Crippen LogP contribution in [-0.2, 0) is 0 Å². The van der Waals surface area contributed by atoms with Crippen molar-refractivity contribution in [2.75, 3.05) is 11.4 Å². The maximum Gasteiger partial charge on any atom is 0.0992 e. The fourth-order valence-corrected chi connectivity index (χ4v) is 2.07. The first-order valence-electron chi connectivity index (χ1n) is 5.08. The number of anilines is 1. The second kappa shape index (κ2) is 3.71. The van der Waals surface area contributed by atoms with Gasteiger partial charge in [0.2, 0.25) is 0 Å². The molecule has 14 heavy (non-hydrogen) atoms. The molecule has 1 aliphatic heterocycles. The molecule has 0 unspecified atom stereocenters. The second-order valence-corrected chi connectivity index (χ2v) is 3.85. The molecule has 2 rings (SSSR count). The first-order chi connectivity index (χ1) is 6.81. The summed E-state index contributed by atoms with van der Waals surface area (Å²) in [6.45, 7) is 3.36. The minimum atomic E-state index is 0.615. The molecular formula is C12H14N2. The molecule has 0 bridgehead atoms. The van der Waals surface area contributed by atoms with Crippen LogP contribution < -0.4 is 4.90 Å².